The minimum atomic E-state index is -0.475. The van der Waals surface area contributed by atoms with Gasteiger partial charge in [-0.05, 0) is 27.2 Å². The van der Waals surface area contributed by atoms with Gasteiger partial charge in [-0.2, -0.15) is 0 Å². The van der Waals surface area contributed by atoms with Crippen molar-refractivity contribution in [1.82, 2.24) is 0 Å². The molecule has 0 radical (unpaired) electrons. The lowest BCUT2D eigenvalue weighted by Gasteiger charge is -2.21. The third kappa shape index (κ3) is 4.24. The number of esters is 1. The van der Waals surface area contributed by atoms with E-state index >= 15 is 0 Å². The molecule has 0 bridgehead atoms. The molecule has 0 amide bonds. The zero-order valence-electron chi connectivity index (χ0n) is 8.66. The van der Waals surface area contributed by atoms with Gasteiger partial charge < -0.3 is 4.74 Å². The van der Waals surface area contributed by atoms with Crippen LogP contribution in [0.1, 0.15) is 34.1 Å². The third-order valence-corrected chi connectivity index (χ3v) is 2.07. The van der Waals surface area contributed by atoms with Crippen LogP contribution in [0.3, 0.4) is 0 Å². The van der Waals surface area contributed by atoms with E-state index in [2.05, 4.69) is 4.89 Å². The number of hydrogen-bond donors (Lipinski definition) is 1. The molecule has 0 aromatic heterocycles. The smallest absolute Gasteiger partial charge is 0.311 e. The maximum atomic E-state index is 11.4. The molecule has 4 heteroatoms. The van der Waals surface area contributed by atoms with Crippen LogP contribution in [0.25, 0.3) is 0 Å². The highest BCUT2D eigenvalue weighted by molar-refractivity contribution is 5.75. The predicted octanol–water partition coefficient (Wildman–Crippen LogP) is 1.84. The molecule has 0 spiro atoms. The summed E-state index contributed by atoms with van der Waals surface area (Å²) in [5.41, 5.74) is -0.463. The van der Waals surface area contributed by atoms with Crippen LogP contribution in [0.5, 0.6) is 0 Å². The van der Waals surface area contributed by atoms with Crippen molar-refractivity contribution in [3.8, 4) is 0 Å². The Bertz CT molecular complexity index is 165. The highest BCUT2D eigenvalue weighted by Crippen LogP contribution is 2.21. The van der Waals surface area contributed by atoms with Crippen molar-refractivity contribution in [1.29, 1.82) is 0 Å². The van der Waals surface area contributed by atoms with E-state index in [4.69, 9.17) is 9.99 Å². The molecule has 0 rings (SSSR count). The molecule has 0 saturated heterocycles. The van der Waals surface area contributed by atoms with Gasteiger partial charge >= 0.3 is 5.97 Å². The highest BCUT2D eigenvalue weighted by Gasteiger charge is 2.27. The summed E-state index contributed by atoms with van der Waals surface area (Å²) >= 11 is 0. The lowest BCUT2D eigenvalue weighted by Crippen LogP contribution is -2.28. The van der Waals surface area contributed by atoms with Gasteiger partial charge in [0.15, 0.2) is 0 Å². The quantitative estimate of drug-likeness (QED) is 0.408. The monoisotopic (exact) mass is 190 g/mol. The van der Waals surface area contributed by atoms with Crippen LogP contribution in [0, 0.1) is 5.41 Å². The second kappa shape index (κ2) is 5.19. The Morgan fingerprint density at radius 2 is 2.08 bits per heavy atom. The molecule has 13 heavy (non-hydrogen) atoms. The summed E-state index contributed by atoms with van der Waals surface area (Å²) in [5, 5.41) is 8.22. The average molecular weight is 190 g/mol. The van der Waals surface area contributed by atoms with E-state index in [1.807, 2.05) is 20.8 Å². The first-order valence-corrected chi connectivity index (χ1v) is 4.41. The van der Waals surface area contributed by atoms with E-state index in [0.717, 1.165) is 6.42 Å². The Morgan fingerprint density at radius 1 is 1.54 bits per heavy atom. The summed E-state index contributed by atoms with van der Waals surface area (Å²) in [6, 6.07) is 0. The molecule has 0 aromatic rings. The van der Waals surface area contributed by atoms with Gasteiger partial charge in [-0.3, -0.25) is 10.1 Å². The molecule has 78 valence electrons. The van der Waals surface area contributed by atoms with Crippen LogP contribution >= 0.6 is 0 Å². The van der Waals surface area contributed by atoms with Crippen LogP contribution < -0.4 is 0 Å². The van der Waals surface area contributed by atoms with Crippen LogP contribution in [0.2, 0.25) is 0 Å². The van der Waals surface area contributed by atoms with Gasteiger partial charge in [0.1, 0.15) is 12.7 Å². The number of ether oxygens (including phenoxy) is 1. The van der Waals surface area contributed by atoms with Crippen LogP contribution in [-0.4, -0.2) is 23.9 Å². The molecular formula is C9H18O4. The van der Waals surface area contributed by atoms with Crippen molar-refractivity contribution in [3.05, 3.63) is 0 Å². The van der Waals surface area contributed by atoms with Gasteiger partial charge in [0, 0.05) is 0 Å². The predicted molar refractivity (Wildman–Crippen MR) is 48.2 cm³/mol. The number of rotatable bonds is 5. The summed E-state index contributed by atoms with van der Waals surface area (Å²) in [5.74, 6) is -0.265. The fourth-order valence-electron chi connectivity index (χ4n) is 0.563. The van der Waals surface area contributed by atoms with Crippen molar-refractivity contribution in [3.63, 3.8) is 0 Å². The molecular weight excluding hydrogens is 172 g/mol. The number of hydrogen-bond acceptors (Lipinski definition) is 4. The van der Waals surface area contributed by atoms with Crippen LogP contribution in [0.15, 0.2) is 0 Å². The summed E-state index contributed by atoms with van der Waals surface area (Å²) < 4.78 is 4.93. The fourth-order valence-corrected chi connectivity index (χ4v) is 0.563. The van der Waals surface area contributed by atoms with Crippen molar-refractivity contribution < 1.29 is 19.7 Å². The van der Waals surface area contributed by atoms with E-state index in [9.17, 15) is 4.79 Å². The van der Waals surface area contributed by atoms with E-state index in [-0.39, 0.29) is 12.6 Å². The summed E-state index contributed by atoms with van der Waals surface area (Å²) in [7, 11) is 0. The summed E-state index contributed by atoms with van der Waals surface area (Å²) in [4.78, 5) is 15.3. The minimum Gasteiger partial charge on any atom is -0.462 e. The van der Waals surface area contributed by atoms with Gasteiger partial charge in [-0.1, -0.05) is 6.92 Å². The SMILES string of the molecule is CCC(C)(C)C(=O)OCC(C)OO. The van der Waals surface area contributed by atoms with Gasteiger partial charge in [-0.15, -0.1) is 0 Å². The van der Waals surface area contributed by atoms with Gasteiger partial charge in [-0.25, -0.2) is 4.89 Å². The van der Waals surface area contributed by atoms with Crippen molar-refractivity contribution in [2.45, 2.75) is 40.2 Å². The molecule has 0 fully saturated rings. The first-order chi connectivity index (χ1) is 5.94. The van der Waals surface area contributed by atoms with E-state index in [1.54, 1.807) is 6.92 Å². The lowest BCUT2D eigenvalue weighted by molar-refractivity contribution is -0.281. The first-order valence-electron chi connectivity index (χ1n) is 4.41. The minimum absolute atomic E-state index is 0.0821. The Kier molecular flexibility index (Phi) is 4.95. The molecule has 0 heterocycles. The molecule has 1 unspecified atom stereocenters. The summed E-state index contributed by atoms with van der Waals surface area (Å²) in [6.45, 7) is 7.26. The normalized spacial score (nSPS) is 13.9. The van der Waals surface area contributed by atoms with Gasteiger partial charge in [0.2, 0.25) is 0 Å². The van der Waals surface area contributed by atoms with Gasteiger partial charge in [0.25, 0.3) is 0 Å². The Hall–Kier alpha value is -0.610. The molecule has 1 N–H and O–H groups in total. The average Bonchev–Trinajstić information content (AvgIpc) is 2.13. The zero-order valence-corrected chi connectivity index (χ0v) is 8.66. The first kappa shape index (κ1) is 12.4. The molecule has 0 saturated carbocycles. The topological polar surface area (TPSA) is 55.8 Å². The molecule has 4 nitrogen and oxygen atoms in total. The largest absolute Gasteiger partial charge is 0.462 e. The van der Waals surface area contributed by atoms with Crippen molar-refractivity contribution >= 4 is 5.97 Å². The maximum absolute atomic E-state index is 11.4. The van der Waals surface area contributed by atoms with E-state index < -0.39 is 11.5 Å². The Labute approximate surface area is 78.8 Å². The Morgan fingerprint density at radius 3 is 2.46 bits per heavy atom. The maximum Gasteiger partial charge on any atom is 0.311 e. The molecule has 0 aromatic carbocycles. The second-order valence-corrected chi connectivity index (χ2v) is 3.75. The number of carbonyl (C=O) groups is 1. The zero-order chi connectivity index (χ0) is 10.5. The lowest BCUT2D eigenvalue weighted by atomic mass is 9.91. The number of carbonyl (C=O) groups excluding carboxylic acids is 1. The van der Waals surface area contributed by atoms with E-state index in [1.165, 1.54) is 0 Å². The molecule has 0 aliphatic rings. The molecule has 1 atom stereocenters. The standard InChI is InChI=1S/C9H18O4/c1-5-9(3,4)8(10)12-6-7(2)13-11/h7,11H,5-6H2,1-4H3. The van der Waals surface area contributed by atoms with Crippen molar-refractivity contribution in [2.24, 2.45) is 5.41 Å². The molecule has 0 aliphatic carbocycles. The Balaban J connectivity index is 3.88. The van der Waals surface area contributed by atoms with E-state index in [0.29, 0.717) is 0 Å². The molecule has 0 aliphatic heterocycles. The third-order valence-electron chi connectivity index (χ3n) is 2.07. The highest BCUT2D eigenvalue weighted by atomic mass is 17.1. The second-order valence-electron chi connectivity index (χ2n) is 3.75. The fraction of sp³-hybridized carbons (Fsp3) is 0.889. The van der Waals surface area contributed by atoms with Crippen LogP contribution in [0.4, 0.5) is 0 Å². The summed E-state index contributed by atoms with van der Waals surface area (Å²) in [6.07, 6.45) is 0.247. The van der Waals surface area contributed by atoms with Gasteiger partial charge in [0.05, 0.1) is 5.41 Å². The van der Waals surface area contributed by atoms with Crippen molar-refractivity contribution in [2.75, 3.05) is 6.61 Å². The van der Waals surface area contributed by atoms with Crippen LogP contribution in [-0.2, 0) is 14.4 Å².